The summed E-state index contributed by atoms with van der Waals surface area (Å²) < 4.78 is 0. The quantitative estimate of drug-likeness (QED) is 0.439. The fourth-order valence-electron chi connectivity index (χ4n) is 0.883. The van der Waals surface area contributed by atoms with E-state index in [1.807, 2.05) is 0 Å². The van der Waals surface area contributed by atoms with Gasteiger partial charge in [0.15, 0.2) is 17.4 Å². The number of aromatic amines is 1. The van der Waals surface area contributed by atoms with Gasteiger partial charge in [0.1, 0.15) is 0 Å². The summed E-state index contributed by atoms with van der Waals surface area (Å²) in [7, 11) is 0. The lowest BCUT2D eigenvalue weighted by Crippen LogP contribution is -2.32. The lowest BCUT2D eigenvalue weighted by Gasteiger charge is -1.97. The molecular formula is C6H8N8. The van der Waals surface area contributed by atoms with E-state index in [-0.39, 0.29) is 11.7 Å². The molecule has 0 radical (unpaired) electrons. The van der Waals surface area contributed by atoms with Crippen LogP contribution in [-0.2, 0) is 0 Å². The third kappa shape index (κ3) is 1.40. The molecule has 14 heavy (non-hydrogen) atoms. The van der Waals surface area contributed by atoms with Crippen LogP contribution in [0.2, 0.25) is 0 Å². The van der Waals surface area contributed by atoms with Crippen LogP contribution in [0.4, 0.5) is 5.95 Å². The zero-order valence-corrected chi connectivity index (χ0v) is 7.10. The zero-order valence-electron chi connectivity index (χ0n) is 7.10. The first-order valence-electron chi connectivity index (χ1n) is 3.78. The van der Waals surface area contributed by atoms with Crippen LogP contribution in [0.25, 0.3) is 0 Å². The highest BCUT2D eigenvalue weighted by Gasteiger charge is 2.16. The number of H-pyrrole nitrogens is 1. The number of hydrogen-bond acceptors (Lipinski definition) is 7. The van der Waals surface area contributed by atoms with E-state index in [0.29, 0.717) is 11.7 Å². The number of amidine groups is 2. The summed E-state index contributed by atoms with van der Waals surface area (Å²) in [5.41, 5.74) is 13.9. The SMILES string of the molecule is NC1=NN=C(N)C1=NNc1ncc[nH]1. The largest absolute Gasteiger partial charge is 0.380 e. The van der Waals surface area contributed by atoms with Gasteiger partial charge in [0, 0.05) is 12.4 Å². The van der Waals surface area contributed by atoms with Gasteiger partial charge in [0.05, 0.1) is 0 Å². The fraction of sp³-hybridized carbons (Fsp3) is 0. The highest BCUT2D eigenvalue weighted by atomic mass is 15.4. The van der Waals surface area contributed by atoms with Gasteiger partial charge in [-0.2, -0.15) is 5.10 Å². The minimum atomic E-state index is 0.182. The van der Waals surface area contributed by atoms with Crippen molar-refractivity contribution < 1.29 is 0 Å². The third-order valence-corrected chi connectivity index (χ3v) is 1.52. The molecule has 1 aliphatic rings. The third-order valence-electron chi connectivity index (χ3n) is 1.52. The van der Waals surface area contributed by atoms with E-state index in [1.165, 1.54) is 0 Å². The summed E-state index contributed by atoms with van der Waals surface area (Å²) in [6.07, 6.45) is 3.25. The topological polar surface area (TPSA) is 130 Å². The van der Waals surface area contributed by atoms with Crippen LogP contribution < -0.4 is 16.9 Å². The predicted molar refractivity (Wildman–Crippen MR) is 52.9 cm³/mol. The van der Waals surface area contributed by atoms with Crippen molar-refractivity contribution in [2.75, 3.05) is 5.43 Å². The number of anilines is 1. The molecule has 0 bridgehead atoms. The van der Waals surface area contributed by atoms with Gasteiger partial charge in [0.25, 0.3) is 0 Å². The van der Waals surface area contributed by atoms with E-state index in [1.54, 1.807) is 12.4 Å². The average molecular weight is 192 g/mol. The Labute approximate surface area is 78.8 Å². The molecule has 0 aromatic carbocycles. The highest BCUT2D eigenvalue weighted by Crippen LogP contribution is 1.97. The van der Waals surface area contributed by atoms with E-state index in [9.17, 15) is 0 Å². The zero-order chi connectivity index (χ0) is 9.97. The van der Waals surface area contributed by atoms with Crippen molar-refractivity contribution in [2.24, 2.45) is 26.8 Å². The monoisotopic (exact) mass is 192 g/mol. The Hall–Kier alpha value is -2.38. The minimum absolute atomic E-state index is 0.182. The normalized spacial score (nSPS) is 15.0. The number of imidazole rings is 1. The molecule has 72 valence electrons. The van der Waals surface area contributed by atoms with E-state index < -0.39 is 0 Å². The number of nitrogens with zero attached hydrogens (tertiary/aromatic N) is 4. The van der Waals surface area contributed by atoms with Gasteiger partial charge in [-0.05, 0) is 0 Å². The van der Waals surface area contributed by atoms with Crippen LogP contribution in [-0.4, -0.2) is 27.4 Å². The Morgan fingerprint density at radius 1 is 1.29 bits per heavy atom. The average Bonchev–Trinajstić information content (AvgIpc) is 2.76. The first kappa shape index (κ1) is 8.23. The van der Waals surface area contributed by atoms with Crippen molar-refractivity contribution in [2.45, 2.75) is 0 Å². The second-order valence-electron chi connectivity index (χ2n) is 2.48. The lowest BCUT2D eigenvalue weighted by molar-refractivity contribution is 1.20. The Bertz CT molecular complexity index is 391. The van der Waals surface area contributed by atoms with Crippen LogP contribution in [0.1, 0.15) is 0 Å². The number of aromatic nitrogens is 2. The van der Waals surface area contributed by atoms with Crippen molar-refractivity contribution in [3.63, 3.8) is 0 Å². The van der Waals surface area contributed by atoms with E-state index in [2.05, 4.69) is 30.7 Å². The number of nitrogens with two attached hydrogens (primary N) is 2. The van der Waals surface area contributed by atoms with E-state index in [0.717, 1.165) is 0 Å². The predicted octanol–water partition coefficient (Wildman–Crippen LogP) is -1.18. The molecule has 2 rings (SSSR count). The second-order valence-corrected chi connectivity index (χ2v) is 2.48. The van der Waals surface area contributed by atoms with Crippen LogP contribution in [0, 0.1) is 0 Å². The first-order chi connectivity index (χ1) is 6.77. The summed E-state index contributed by atoms with van der Waals surface area (Å²) in [5, 5.41) is 11.0. The van der Waals surface area contributed by atoms with Crippen molar-refractivity contribution in [3.8, 4) is 0 Å². The molecule has 0 amide bonds. The summed E-state index contributed by atoms with van der Waals surface area (Å²) in [4.78, 5) is 6.69. The van der Waals surface area contributed by atoms with Gasteiger partial charge >= 0.3 is 0 Å². The van der Waals surface area contributed by atoms with Gasteiger partial charge in [-0.25, -0.2) is 10.4 Å². The maximum absolute atomic E-state index is 5.46. The Balaban J connectivity index is 2.12. The molecule has 0 fully saturated rings. The smallest absolute Gasteiger partial charge is 0.220 e. The fourth-order valence-corrected chi connectivity index (χ4v) is 0.883. The molecule has 1 aromatic heterocycles. The summed E-state index contributed by atoms with van der Waals surface area (Å²) in [6, 6.07) is 0. The van der Waals surface area contributed by atoms with Gasteiger partial charge in [-0.3, -0.25) is 0 Å². The molecular weight excluding hydrogens is 184 g/mol. The lowest BCUT2D eigenvalue weighted by atomic mass is 10.3. The van der Waals surface area contributed by atoms with Crippen LogP contribution in [0.15, 0.2) is 27.7 Å². The first-order valence-corrected chi connectivity index (χ1v) is 3.78. The summed E-state index contributed by atoms with van der Waals surface area (Å²) >= 11 is 0. The molecule has 8 heteroatoms. The minimum Gasteiger partial charge on any atom is -0.380 e. The molecule has 0 aliphatic carbocycles. The maximum Gasteiger partial charge on any atom is 0.220 e. The van der Waals surface area contributed by atoms with Gasteiger partial charge < -0.3 is 16.5 Å². The molecule has 6 N–H and O–H groups in total. The molecule has 1 aromatic rings. The second kappa shape index (κ2) is 3.17. The number of nitrogens with one attached hydrogen (secondary N) is 2. The Kier molecular flexibility index (Phi) is 1.86. The van der Waals surface area contributed by atoms with E-state index >= 15 is 0 Å². The van der Waals surface area contributed by atoms with Crippen LogP contribution >= 0.6 is 0 Å². The van der Waals surface area contributed by atoms with Gasteiger partial charge in [-0.1, -0.05) is 0 Å². The Morgan fingerprint density at radius 2 is 2.00 bits per heavy atom. The van der Waals surface area contributed by atoms with E-state index in [4.69, 9.17) is 11.5 Å². The van der Waals surface area contributed by atoms with Crippen molar-refractivity contribution in [3.05, 3.63) is 12.4 Å². The molecule has 0 saturated heterocycles. The standard InChI is InChI=1S/C6H8N8/c7-4-3(5(8)13-12-4)11-14-6-9-1-2-10-6/h1-2H,(H2,9,10,14)(H4,7,8,11,12,13). The Morgan fingerprint density at radius 3 is 2.57 bits per heavy atom. The highest BCUT2D eigenvalue weighted by molar-refractivity contribution is 6.68. The number of rotatable bonds is 2. The summed E-state index contributed by atoms with van der Waals surface area (Å²) in [5.74, 6) is 0.855. The van der Waals surface area contributed by atoms with Crippen molar-refractivity contribution in [1.82, 2.24) is 9.97 Å². The molecule has 0 spiro atoms. The van der Waals surface area contributed by atoms with Crippen molar-refractivity contribution in [1.29, 1.82) is 0 Å². The van der Waals surface area contributed by atoms with Gasteiger partial charge in [0.2, 0.25) is 5.95 Å². The number of hydrogen-bond donors (Lipinski definition) is 4. The maximum atomic E-state index is 5.46. The molecule has 0 unspecified atom stereocenters. The molecule has 2 heterocycles. The van der Waals surface area contributed by atoms with Crippen LogP contribution in [0.3, 0.4) is 0 Å². The molecule has 0 atom stereocenters. The van der Waals surface area contributed by atoms with Gasteiger partial charge in [-0.15, -0.1) is 10.2 Å². The molecule has 1 aliphatic heterocycles. The van der Waals surface area contributed by atoms with Crippen molar-refractivity contribution >= 4 is 23.3 Å². The van der Waals surface area contributed by atoms with Crippen LogP contribution in [0.5, 0.6) is 0 Å². The molecule has 0 saturated carbocycles. The number of hydrazone groups is 1. The molecule has 8 nitrogen and oxygen atoms in total. The summed E-state index contributed by atoms with van der Waals surface area (Å²) in [6.45, 7) is 0.